The molecule has 2 aliphatic rings. The highest BCUT2D eigenvalue weighted by Crippen LogP contribution is 2.40. The van der Waals surface area contributed by atoms with Gasteiger partial charge in [-0.15, -0.1) is 0 Å². The first kappa shape index (κ1) is 27.8. The van der Waals surface area contributed by atoms with Crippen LogP contribution in [0.25, 0.3) is 0 Å². The zero-order chi connectivity index (χ0) is 25.3. The van der Waals surface area contributed by atoms with Gasteiger partial charge in [0.15, 0.2) is 0 Å². The Bertz CT molecular complexity index is 791. The second kappa shape index (κ2) is 13.5. The first-order chi connectivity index (χ1) is 16.9. The van der Waals surface area contributed by atoms with Gasteiger partial charge in [-0.25, -0.2) is 9.18 Å². The molecule has 8 heteroatoms. The molecule has 0 unspecified atom stereocenters. The monoisotopic (exact) mass is 493 g/mol. The van der Waals surface area contributed by atoms with Crippen LogP contribution in [0.3, 0.4) is 0 Å². The summed E-state index contributed by atoms with van der Waals surface area (Å²) in [6, 6.07) is 5.62. The molecular weight excluding hydrogens is 449 g/mol. The summed E-state index contributed by atoms with van der Waals surface area (Å²) in [4.78, 5) is 15.0. The summed E-state index contributed by atoms with van der Waals surface area (Å²) >= 11 is 0. The van der Waals surface area contributed by atoms with Crippen LogP contribution in [0, 0.1) is 17.7 Å². The number of amides is 2. The average Bonchev–Trinajstić information content (AvgIpc) is 3.41. The second-order valence-electron chi connectivity index (χ2n) is 10.3. The SMILES string of the molecule is CNC[C@@H](NC(=O)N1CCC[C@@H]([C@@](O)(CCCCOC)c2cccc(F)c2)C1)[C@@H](O)C1CCCC1. The lowest BCUT2D eigenvalue weighted by molar-refractivity contribution is -0.0568. The van der Waals surface area contributed by atoms with Gasteiger partial charge in [0.05, 0.1) is 17.7 Å². The number of urea groups is 1. The van der Waals surface area contributed by atoms with E-state index in [2.05, 4.69) is 10.6 Å². The number of unbranched alkanes of at least 4 members (excludes halogenated alkanes) is 1. The number of halogens is 1. The maximum atomic E-state index is 14.1. The third-order valence-electron chi connectivity index (χ3n) is 7.89. The van der Waals surface area contributed by atoms with Crippen molar-refractivity contribution >= 4 is 6.03 Å². The molecule has 2 amide bonds. The van der Waals surface area contributed by atoms with E-state index >= 15 is 0 Å². The number of benzene rings is 1. The van der Waals surface area contributed by atoms with Crippen molar-refractivity contribution in [2.75, 3.05) is 40.4 Å². The largest absolute Gasteiger partial charge is 0.391 e. The van der Waals surface area contributed by atoms with E-state index in [1.54, 1.807) is 24.1 Å². The summed E-state index contributed by atoms with van der Waals surface area (Å²) in [6.45, 7) is 2.08. The Morgan fingerprint density at radius 1 is 1.26 bits per heavy atom. The van der Waals surface area contributed by atoms with Crippen molar-refractivity contribution in [2.45, 2.75) is 75.5 Å². The van der Waals surface area contributed by atoms with Crippen LogP contribution in [-0.2, 0) is 10.3 Å². The molecule has 7 nitrogen and oxygen atoms in total. The number of carbonyl (C=O) groups is 1. The molecule has 0 bridgehead atoms. The van der Waals surface area contributed by atoms with Crippen LogP contribution in [0.1, 0.15) is 63.4 Å². The highest BCUT2D eigenvalue weighted by Gasteiger charge is 2.42. The van der Waals surface area contributed by atoms with E-state index < -0.39 is 11.7 Å². The number of aliphatic hydroxyl groups is 2. The summed E-state index contributed by atoms with van der Waals surface area (Å²) in [5.41, 5.74) is -0.672. The van der Waals surface area contributed by atoms with E-state index in [0.29, 0.717) is 38.2 Å². The standard InChI is InChI=1S/C27H44FN3O4/c1-29-18-24(25(32)20-9-3-4-10-20)30-26(33)31-15-8-12-22(19-31)27(34,14-5-6-16-35-2)21-11-7-13-23(28)17-21/h7,11,13,17,20,22,24-25,29,32,34H,3-6,8-10,12,14-16,18-19H2,1-2H3,(H,30,33)/t22-,24-,25+,27-/m1/s1. The molecule has 4 atom stereocenters. The molecule has 1 saturated carbocycles. The van der Waals surface area contributed by atoms with Gasteiger partial charge in [-0.1, -0.05) is 25.0 Å². The molecule has 3 rings (SSSR count). The van der Waals surface area contributed by atoms with Crippen LogP contribution in [-0.4, -0.2) is 73.7 Å². The van der Waals surface area contributed by atoms with Gasteiger partial charge in [0.1, 0.15) is 5.82 Å². The lowest BCUT2D eigenvalue weighted by atomic mass is 9.74. The number of piperidine rings is 1. The molecule has 2 fully saturated rings. The van der Waals surface area contributed by atoms with Crippen LogP contribution in [0.4, 0.5) is 9.18 Å². The maximum absolute atomic E-state index is 14.1. The zero-order valence-corrected chi connectivity index (χ0v) is 21.3. The third kappa shape index (κ3) is 7.38. The number of likely N-dealkylation sites (tertiary alicyclic amines) is 1. The molecule has 1 heterocycles. The Hall–Kier alpha value is -1.74. The number of rotatable bonds is 12. The Kier molecular flexibility index (Phi) is 10.8. The van der Waals surface area contributed by atoms with Gasteiger partial charge in [-0.05, 0) is 75.6 Å². The van der Waals surface area contributed by atoms with Crippen molar-refractivity contribution in [1.29, 1.82) is 0 Å². The number of nitrogens with zero attached hydrogens (tertiary/aromatic N) is 1. The van der Waals surface area contributed by atoms with Crippen molar-refractivity contribution in [3.05, 3.63) is 35.6 Å². The van der Waals surface area contributed by atoms with Crippen molar-refractivity contribution in [3.8, 4) is 0 Å². The Morgan fingerprint density at radius 3 is 2.71 bits per heavy atom. The van der Waals surface area contributed by atoms with Gasteiger partial charge >= 0.3 is 6.03 Å². The fourth-order valence-corrected chi connectivity index (χ4v) is 5.89. The van der Waals surface area contributed by atoms with Crippen LogP contribution < -0.4 is 10.6 Å². The average molecular weight is 494 g/mol. The Balaban J connectivity index is 1.71. The van der Waals surface area contributed by atoms with E-state index in [4.69, 9.17) is 4.74 Å². The minimum atomic E-state index is -1.23. The third-order valence-corrected chi connectivity index (χ3v) is 7.89. The minimum absolute atomic E-state index is 0.214. The highest BCUT2D eigenvalue weighted by atomic mass is 19.1. The fraction of sp³-hybridized carbons (Fsp3) is 0.741. The lowest BCUT2D eigenvalue weighted by Crippen LogP contribution is -2.57. The fourth-order valence-electron chi connectivity index (χ4n) is 5.89. The predicted octanol–water partition coefficient (Wildman–Crippen LogP) is 3.39. The van der Waals surface area contributed by atoms with E-state index in [1.165, 1.54) is 12.1 Å². The summed E-state index contributed by atoms with van der Waals surface area (Å²) in [5.74, 6) is -0.374. The number of methoxy groups -OCH3 is 1. The molecule has 0 aromatic heterocycles. The first-order valence-corrected chi connectivity index (χ1v) is 13.2. The quantitative estimate of drug-likeness (QED) is 0.335. The zero-order valence-electron chi connectivity index (χ0n) is 21.3. The topological polar surface area (TPSA) is 94.1 Å². The molecule has 198 valence electrons. The molecule has 1 aromatic carbocycles. The van der Waals surface area contributed by atoms with E-state index in [0.717, 1.165) is 51.4 Å². The lowest BCUT2D eigenvalue weighted by Gasteiger charge is -2.43. The molecule has 1 aliphatic carbocycles. The summed E-state index contributed by atoms with van der Waals surface area (Å²) in [5, 5.41) is 29.0. The van der Waals surface area contributed by atoms with Crippen molar-refractivity contribution in [3.63, 3.8) is 0 Å². The smallest absolute Gasteiger partial charge is 0.317 e. The number of likely N-dealkylation sites (N-methyl/N-ethyl adjacent to an activating group) is 1. The van der Waals surface area contributed by atoms with Crippen LogP contribution >= 0.6 is 0 Å². The summed E-state index contributed by atoms with van der Waals surface area (Å²) < 4.78 is 19.3. The number of nitrogens with one attached hydrogen (secondary N) is 2. The molecule has 35 heavy (non-hydrogen) atoms. The van der Waals surface area contributed by atoms with Crippen molar-refractivity contribution < 1.29 is 24.1 Å². The van der Waals surface area contributed by atoms with Crippen molar-refractivity contribution in [1.82, 2.24) is 15.5 Å². The number of carbonyl (C=O) groups excluding carboxylic acids is 1. The second-order valence-corrected chi connectivity index (χ2v) is 10.3. The van der Waals surface area contributed by atoms with Crippen LogP contribution in [0.15, 0.2) is 24.3 Å². The van der Waals surface area contributed by atoms with Gasteiger partial charge in [0, 0.05) is 39.3 Å². The van der Waals surface area contributed by atoms with Gasteiger partial charge in [0.25, 0.3) is 0 Å². The van der Waals surface area contributed by atoms with Gasteiger partial charge in [0.2, 0.25) is 0 Å². The summed E-state index contributed by atoms with van der Waals surface area (Å²) in [7, 11) is 3.47. The number of hydrogen-bond donors (Lipinski definition) is 4. The van der Waals surface area contributed by atoms with Gasteiger partial charge in [-0.3, -0.25) is 0 Å². The number of aliphatic hydroxyl groups excluding tert-OH is 1. The van der Waals surface area contributed by atoms with Gasteiger partial charge in [-0.2, -0.15) is 0 Å². The van der Waals surface area contributed by atoms with E-state index in [9.17, 15) is 19.4 Å². The molecule has 1 aromatic rings. The molecule has 1 saturated heterocycles. The maximum Gasteiger partial charge on any atom is 0.317 e. The highest BCUT2D eigenvalue weighted by molar-refractivity contribution is 5.74. The first-order valence-electron chi connectivity index (χ1n) is 13.2. The normalized spacial score (nSPS) is 22.5. The van der Waals surface area contributed by atoms with Crippen molar-refractivity contribution in [2.24, 2.45) is 11.8 Å². The number of hydrogen-bond acceptors (Lipinski definition) is 5. The Morgan fingerprint density at radius 2 is 2.03 bits per heavy atom. The predicted molar refractivity (Wildman–Crippen MR) is 135 cm³/mol. The van der Waals surface area contributed by atoms with Crippen LogP contribution in [0.5, 0.6) is 0 Å². The molecule has 4 N–H and O–H groups in total. The van der Waals surface area contributed by atoms with Crippen LogP contribution in [0.2, 0.25) is 0 Å². The van der Waals surface area contributed by atoms with E-state index in [-0.39, 0.29) is 29.7 Å². The Labute approximate surface area is 209 Å². The van der Waals surface area contributed by atoms with E-state index in [1.807, 2.05) is 7.05 Å². The number of ether oxygens (including phenoxy) is 1. The van der Waals surface area contributed by atoms with Gasteiger partial charge < -0.3 is 30.5 Å². The molecule has 1 aliphatic heterocycles. The molecular formula is C27H44FN3O4. The summed E-state index contributed by atoms with van der Waals surface area (Å²) in [6.07, 6.45) is 7.18. The minimum Gasteiger partial charge on any atom is -0.391 e. The molecule has 0 spiro atoms. The molecule has 0 radical (unpaired) electrons.